The molecular formula is C10H11BrS2. The van der Waals surface area contributed by atoms with E-state index in [1.807, 2.05) is 23.1 Å². The average Bonchev–Trinajstić information content (AvgIpc) is 2.56. The van der Waals surface area contributed by atoms with Crippen molar-refractivity contribution in [3.63, 3.8) is 0 Å². The zero-order valence-corrected chi connectivity index (χ0v) is 10.9. The summed E-state index contributed by atoms with van der Waals surface area (Å²) in [5, 5.41) is 2.13. The van der Waals surface area contributed by atoms with E-state index in [0.29, 0.717) is 4.75 Å². The molecule has 0 aromatic carbocycles. The van der Waals surface area contributed by atoms with Crippen molar-refractivity contribution in [2.75, 3.05) is 0 Å². The Labute approximate surface area is 95.6 Å². The van der Waals surface area contributed by atoms with Crippen molar-refractivity contribution in [1.82, 2.24) is 0 Å². The van der Waals surface area contributed by atoms with Crippen molar-refractivity contribution in [2.24, 2.45) is 0 Å². The van der Waals surface area contributed by atoms with Crippen LogP contribution in [0.2, 0.25) is 0 Å². The van der Waals surface area contributed by atoms with E-state index in [4.69, 9.17) is 0 Å². The third kappa shape index (κ3) is 2.03. The standard InChI is InChI=1S/C10H11BrS2/c1-10(2)6-7(11)9(13-10)8-4-3-5-12-8/h3-5H,6H2,1-2H3. The molecule has 0 radical (unpaired) electrons. The average molecular weight is 275 g/mol. The molecule has 0 saturated carbocycles. The zero-order valence-electron chi connectivity index (χ0n) is 7.63. The van der Waals surface area contributed by atoms with Crippen LogP contribution in [0, 0.1) is 0 Å². The highest BCUT2D eigenvalue weighted by molar-refractivity contribution is 9.12. The predicted octanol–water partition coefficient (Wildman–Crippen LogP) is 4.73. The van der Waals surface area contributed by atoms with E-state index in [1.54, 1.807) is 0 Å². The number of hydrogen-bond donors (Lipinski definition) is 0. The van der Waals surface area contributed by atoms with Gasteiger partial charge in [-0.1, -0.05) is 35.8 Å². The molecule has 2 heterocycles. The molecule has 1 aromatic heterocycles. The second-order valence-corrected chi connectivity index (χ2v) is 7.37. The van der Waals surface area contributed by atoms with Gasteiger partial charge in [0.15, 0.2) is 0 Å². The Bertz CT molecular complexity index is 336. The fourth-order valence-corrected chi connectivity index (χ4v) is 4.97. The summed E-state index contributed by atoms with van der Waals surface area (Å²) >= 11 is 7.46. The minimum absolute atomic E-state index is 0.359. The van der Waals surface area contributed by atoms with Crippen molar-refractivity contribution in [3.05, 3.63) is 26.9 Å². The van der Waals surface area contributed by atoms with Gasteiger partial charge in [-0.15, -0.1) is 23.1 Å². The number of thioether (sulfide) groups is 1. The minimum atomic E-state index is 0.359. The van der Waals surface area contributed by atoms with Crippen LogP contribution >= 0.6 is 39.0 Å². The zero-order chi connectivity index (χ0) is 9.47. The van der Waals surface area contributed by atoms with E-state index in [-0.39, 0.29) is 0 Å². The molecule has 0 unspecified atom stereocenters. The fraction of sp³-hybridized carbons (Fsp3) is 0.400. The molecule has 0 saturated heterocycles. The molecule has 70 valence electrons. The summed E-state index contributed by atoms with van der Waals surface area (Å²) in [6.07, 6.45) is 1.14. The van der Waals surface area contributed by atoms with Gasteiger partial charge in [0.2, 0.25) is 0 Å². The van der Waals surface area contributed by atoms with E-state index in [2.05, 4.69) is 47.3 Å². The lowest BCUT2D eigenvalue weighted by Crippen LogP contribution is -2.08. The minimum Gasteiger partial charge on any atom is -0.143 e. The van der Waals surface area contributed by atoms with Crippen LogP contribution in [0.5, 0.6) is 0 Å². The molecule has 0 aliphatic carbocycles. The van der Waals surface area contributed by atoms with Gasteiger partial charge in [0.25, 0.3) is 0 Å². The van der Waals surface area contributed by atoms with E-state index in [0.717, 1.165) is 6.42 Å². The molecule has 13 heavy (non-hydrogen) atoms. The molecule has 1 aromatic rings. The first-order valence-electron chi connectivity index (χ1n) is 4.20. The van der Waals surface area contributed by atoms with Crippen LogP contribution in [0.1, 0.15) is 25.1 Å². The van der Waals surface area contributed by atoms with Gasteiger partial charge in [0.05, 0.1) is 0 Å². The van der Waals surface area contributed by atoms with Crippen molar-refractivity contribution in [3.8, 4) is 0 Å². The maximum atomic E-state index is 3.67. The fourth-order valence-electron chi connectivity index (χ4n) is 1.41. The molecule has 1 aliphatic heterocycles. The first-order chi connectivity index (χ1) is 6.08. The summed E-state index contributed by atoms with van der Waals surface area (Å²) < 4.78 is 1.72. The molecule has 1 aliphatic rings. The molecule has 0 amide bonds. The number of hydrogen-bond acceptors (Lipinski definition) is 2. The van der Waals surface area contributed by atoms with Gasteiger partial charge in [-0.2, -0.15) is 0 Å². The third-order valence-corrected chi connectivity index (χ3v) is 5.27. The van der Waals surface area contributed by atoms with E-state index in [1.165, 1.54) is 14.3 Å². The number of allylic oxidation sites excluding steroid dienone is 1. The van der Waals surface area contributed by atoms with Gasteiger partial charge in [-0.05, 0) is 17.9 Å². The number of rotatable bonds is 1. The van der Waals surface area contributed by atoms with Crippen LogP contribution in [0.3, 0.4) is 0 Å². The van der Waals surface area contributed by atoms with Crippen LogP contribution in [0.15, 0.2) is 22.0 Å². The SMILES string of the molecule is CC1(C)CC(Br)=C(c2cccs2)S1. The first-order valence-corrected chi connectivity index (χ1v) is 6.69. The summed E-state index contributed by atoms with van der Waals surface area (Å²) in [5.41, 5.74) is 0. The lowest BCUT2D eigenvalue weighted by atomic mass is 10.1. The van der Waals surface area contributed by atoms with Gasteiger partial charge in [0.1, 0.15) is 0 Å². The van der Waals surface area contributed by atoms with Gasteiger partial charge >= 0.3 is 0 Å². The van der Waals surface area contributed by atoms with Crippen LogP contribution in [-0.4, -0.2) is 4.75 Å². The van der Waals surface area contributed by atoms with Crippen LogP contribution < -0.4 is 0 Å². The van der Waals surface area contributed by atoms with Crippen molar-refractivity contribution in [1.29, 1.82) is 0 Å². The topological polar surface area (TPSA) is 0 Å². The summed E-state index contributed by atoms with van der Waals surface area (Å²) in [5.74, 6) is 0. The van der Waals surface area contributed by atoms with Crippen molar-refractivity contribution in [2.45, 2.75) is 25.0 Å². The molecule has 0 atom stereocenters. The Morgan fingerprint density at radius 2 is 2.23 bits per heavy atom. The maximum absolute atomic E-state index is 3.67. The van der Waals surface area contributed by atoms with Gasteiger partial charge < -0.3 is 0 Å². The second kappa shape index (κ2) is 3.44. The maximum Gasteiger partial charge on any atom is 0.0414 e. The van der Waals surface area contributed by atoms with E-state index >= 15 is 0 Å². The third-order valence-electron chi connectivity index (χ3n) is 1.95. The highest BCUT2D eigenvalue weighted by atomic mass is 79.9. The van der Waals surface area contributed by atoms with Gasteiger partial charge in [-0.3, -0.25) is 0 Å². The van der Waals surface area contributed by atoms with E-state index in [9.17, 15) is 0 Å². The Morgan fingerprint density at radius 1 is 1.46 bits per heavy atom. The van der Waals surface area contributed by atoms with Gasteiger partial charge in [-0.25, -0.2) is 0 Å². The predicted molar refractivity (Wildman–Crippen MR) is 66.5 cm³/mol. The quantitative estimate of drug-likeness (QED) is 0.714. The second-order valence-electron chi connectivity index (χ2n) is 3.75. The molecule has 0 N–H and O–H groups in total. The molecule has 0 spiro atoms. The number of thiophene rings is 1. The van der Waals surface area contributed by atoms with Crippen molar-refractivity contribution < 1.29 is 0 Å². The van der Waals surface area contributed by atoms with Gasteiger partial charge in [0, 0.05) is 19.0 Å². The van der Waals surface area contributed by atoms with Crippen LogP contribution in [0.4, 0.5) is 0 Å². The summed E-state index contributed by atoms with van der Waals surface area (Å²) in [6, 6.07) is 4.30. The van der Waals surface area contributed by atoms with Crippen molar-refractivity contribution >= 4 is 43.9 Å². The summed E-state index contributed by atoms with van der Waals surface area (Å²) in [7, 11) is 0. The Kier molecular flexibility index (Phi) is 2.60. The normalized spacial score (nSPS) is 21.2. The lowest BCUT2D eigenvalue weighted by molar-refractivity contribution is 0.736. The highest BCUT2D eigenvalue weighted by Crippen LogP contribution is 2.53. The smallest absolute Gasteiger partial charge is 0.0414 e. The molecule has 2 rings (SSSR count). The molecule has 0 fully saturated rings. The summed E-state index contributed by atoms with van der Waals surface area (Å²) in [4.78, 5) is 2.82. The Balaban J connectivity index is 2.31. The van der Waals surface area contributed by atoms with Crippen LogP contribution in [-0.2, 0) is 0 Å². The lowest BCUT2D eigenvalue weighted by Gasteiger charge is -2.15. The molecular weight excluding hydrogens is 264 g/mol. The Hall–Kier alpha value is 0.270. The summed E-state index contributed by atoms with van der Waals surface area (Å²) in [6.45, 7) is 4.58. The largest absolute Gasteiger partial charge is 0.143 e. The molecule has 0 nitrogen and oxygen atoms in total. The Morgan fingerprint density at radius 3 is 2.69 bits per heavy atom. The monoisotopic (exact) mass is 274 g/mol. The number of halogens is 1. The molecule has 3 heteroatoms. The van der Waals surface area contributed by atoms with Crippen LogP contribution in [0.25, 0.3) is 4.91 Å². The van der Waals surface area contributed by atoms with E-state index < -0.39 is 0 Å². The highest BCUT2D eigenvalue weighted by Gasteiger charge is 2.31. The first kappa shape index (κ1) is 9.81. The molecule has 0 bridgehead atoms.